The zero-order valence-electron chi connectivity index (χ0n) is 12.2. The lowest BCUT2D eigenvalue weighted by molar-refractivity contribution is 0.0697. The number of ether oxygens (including phenoxy) is 1. The Morgan fingerprint density at radius 3 is 2.57 bits per heavy atom. The number of halogens is 1. The standard InChI is InChI=1S/C17H13ClN2O3/c1-23-12-5-3-11(4-6-12)19-16-9-14(18)13-7-2-10(17(21)22)8-15(13)20-16/h2-9H,1H3,(H,19,20)(H,21,22). The van der Waals surface area contributed by atoms with E-state index < -0.39 is 5.97 Å². The Labute approximate surface area is 137 Å². The number of hydrogen-bond donors (Lipinski definition) is 2. The number of carbonyl (C=O) groups is 1. The zero-order chi connectivity index (χ0) is 16.4. The lowest BCUT2D eigenvalue weighted by atomic mass is 10.1. The fourth-order valence-electron chi connectivity index (χ4n) is 2.21. The molecule has 1 heterocycles. The maximum Gasteiger partial charge on any atom is 0.335 e. The van der Waals surface area contributed by atoms with Gasteiger partial charge >= 0.3 is 5.97 Å². The minimum absolute atomic E-state index is 0.169. The van der Waals surface area contributed by atoms with Gasteiger partial charge in [0, 0.05) is 17.1 Å². The zero-order valence-corrected chi connectivity index (χ0v) is 13.0. The van der Waals surface area contributed by atoms with Crippen molar-refractivity contribution in [2.75, 3.05) is 12.4 Å². The normalized spacial score (nSPS) is 10.5. The smallest absolute Gasteiger partial charge is 0.335 e. The summed E-state index contributed by atoms with van der Waals surface area (Å²) in [5.74, 6) is 0.291. The predicted molar refractivity (Wildman–Crippen MR) is 90.0 cm³/mol. The van der Waals surface area contributed by atoms with Crippen LogP contribution in [0.2, 0.25) is 5.02 Å². The highest BCUT2D eigenvalue weighted by molar-refractivity contribution is 6.35. The second-order valence-corrected chi connectivity index (χ2v) is 5.29. The molecule has 0 saturated carbocycles. The summed E-state index contributed by atoms with van der Waals surface area (Å²) >= 11 is 6.26. The molecule has 0 fully saturated rings. The number of rotatable bonds is 4. The van der Waals surface area contributed by atoms with Gasteiger partial charge in [-0.1, -0.05) is 17.7 Å². The van der Waals surface area contributed by atoms with Crippen LogP contribution in [0.1, 0.15) is 10.4 Å². The van der Waals surface area contributed by atoms with Gasteiger partial charge in [-0.3, -0.25) is 0 Å². The van der Waals surface area contributed by atoms with Crippen LogP contribution in [0.4, 0.5) is 11.5 Å². The van der Waals surface area contributed by atoms with Crippen LogP contribution in [0.5, 0.6) is 5.75 Å². The van der Waals surface area contributed by atoms with Gasteiger partial charge in [-0.2, -0.15) is 0 Å². The third-order valence-electron chi connectivity index (χ3n) is 3.37. The van der Waals surface area contributed by atoms with Gasteiger partial charge in [-0.25, -0.2) is 9.78 Å². The van der Waals surface area contributed by atoms with Gasteiger partial charge in [0.2, 0.25) is 0 Å². The lowest BCUT2D eigenvalue weighted by Gasteiger charge is -2.09. The van der Waals surface area contributed by atoms with Crippen LogP contribution in [0.15, 0.2) is 48.5 Å². The molecule has 0 aliphatic carbocycles. The van der Waals surface area contributed by atoms with Crippen molar-refractivity contribution in [1.29, 1.82) is 0 Å². The van der Waals surface area contributed by atoms with Gasteiger partial charge in [0.25, 0.3) is 0 Å². The molecule has 0 aliphatic rings. The molecule has 0 spiro atoms. The van der Waals surface area contributed by atoms with E-state index >= 15 is 0 Å². The van der Waals surface area contributed by atoms with E-state index in [1.807, 2.05) is 24.3 Å². The third kappa shape index (κ3) is 3.19. The Bertz CT molecular complexity index is 879. The van der Waals surface area contributed by atoms with Gasteiger partial charge in [0.1, 0.15) is 11.6 Å². The molecule has 0 radical (unpaired) electrons. The number of carboxylic acids is 1. The molecule has 0 saturated heterocycles. The summed E-state index contributed by atoms with van der Waals surface area (Å²) < 4.78 is 5.11. The Balaban J connectivity index is 1.98. The first kappa shape index (κ1) is 15.1. The number of pyridine rings is 1. The molecule has 3 rings (SSSR count). The molecule has 6 heteroatoms. The van der Waals surface area contributed by atoms with Crippen molar-refractivity contribution in [1.82, 2.24) is 4.98 Å². The molecule has 2 aromatic carbocycles. The number of aromatic carboxylic acids is 1. The monoisotopic (exact) mass is 328 g/mol. The van der Waals surface area contributed by atoms with Crippen LogP contribution < -0.4 is 10.1 Å². The van der Waals surface area contributed by atoms with Gasteiger partial charge in [-0.15, -0.1) is 0 Å². The Kier molecular flexibility index (Phi) is 4.04. The molecule has 0 bridgehead atoms. The van der Waals surface area contributed by atoms with E-state index in [1.54, 1.807) is 19.2 Å². The average molecular weight is 329 g/mol. The quantitative estimate of drug-likeness (QED) is 0.745. The molecule has 0 aliphatic heterocycles. The number of methoxy groups -OCH3 is 1. The van der Waals surface area contributed by atoms with Crippen LogP contribution >= 0.6 is 11.6 Å². The number of nitrogens with one attached hydrogen (secondary N) is 1. The molecular weight excluding hydrogens is 316 g/mol. The number of carboxylic acid groups (broad SMARTS) is 1. The molecule has 1 aromatic heterocycles. The van der Waals surface area contributed by atoms with Crippen LogP contribution in [0.3, 0.4) is 0 Å². The number of aromatic nitrogens is 1. The fourth-order valence-corrected chi connectivity index (χ4v) is 2.47. The van der Waals surface area contributed by atoms with E-state index in [0.717, 1.165) is 11.4 Å². The van der Waals surface area contributed by atoms with Crippen LogP contribution in [0, 0.1) is 0 Å². The van der Waals surface area contributed by atoms with Crippen molar-refractivity contribution in [2.24, 2.45) is 0 Å². The summed E-state index contributed by atoms with van der Waals surface area (Å²) in [4.78, 5) is 15.5. The summed E-state index contributed by atoms with van der Waals surface area (Å²) in [6.07, 6.45) is 0. The van der Waals surface area contributed by atoms with Crippen molar-refractivity contribution in [2.45, 2.75) is 0 Å². The number of hydrogen-bond acceptors (Lipinski definition) is 4. The van der Waals surface area contributed by atoms with E-state index in [4.69, 9.17) is 21.4 Å². The molecule has 0 unspecified atom stereocenters. The molecule has 5 nitrogen and oxygen atoms in total. The second-order valence-electron chi connectivity index (χ2n) is 4.88. The summed E-state index contributed by atoms with van der Waals surface area (Å²) in [7, 11) is 1.60. The van der Waals surface area contributed by atoms with Crippen molar-refractivity contribution in [3.05, 3.63) is 59.1 Å². The Morgan fingerprint density at radius 2 is 1.91 bits per heavy atom. The minimum Gasteiger partial charge on any atom is -0.497 e. The highest BCUT2D eigenvalue weighted by Crippen LogP contribution is 2.28. The summed E-state index contributed by atoms with van der Waals surface area (Å²) in [5.41, 5.74) is 1.51. The number of anilines is 2. The number of benzene rings is 2. The number of fused-ring (bicyclic) bond motifs is 1. The number of nitrogens with zero attached hydrogens (tertiary/aromatic N) is 1. The molecule has 0 amide bonds. The Hall–Kier alpha value is -2.79. The second kappa shape index (κ2) is 6.14. The van der Waals surface area contributed by atoms with Crippen molar-refractivity contribution < 1.29 is 14.6 Å². The maximum absolute atomic E-state index is 11.1. The first-order valence-electron chi connectivity index (χ1n) is 6.81. The van der Waals surface area contributed by atoms with Gasteiger partial charge in [0.05, 0.1) is 23.2 Å². The highest BCUT2D eigenvalue weighted by atomic mass is 35.5. The van der Waals surface area contributed by atoms with Crippen molar-refractivity contribution >= 4 is 40.0 Å². The molecule has 3 aromatic rings. The van der Waals surface area contributed by atoms with E-state index in [2.05, 4.69) is 10.3 Å². The van der Waals surface area contributed by atoms with Crippen LogP contribution in [-0.2, 0) is 0 Å². The predicted octanol–water partition coefficient (Wildman–Crippen LogP) is 4.34. The lowest BCUT2D eigenvalue weighted by Crippen LogP contribution is -1.98. The Morgan fingerprint density at radius 1 is 1.17 bits per heavy atom. The van der Waals surface area contributed by atoms with E-state index in [1.165, 1.54) is 12.1 Å². The highest BCUT2D eigenvalue weighted by Gasteiger charge is 2.09. The third-order valence-corrected chi connectivity index (χ3v) is 3.68. The molecule has 23 heavy (non-hydrogen) atoms. The van der Waals surface area contributed by atoms with E-state index in [0.29, 0.717) is 21.7 Å². The van der Waals surface area contributed by atoms with Crippen molar-refractivity contribution in [3.63, 3.8) is 0 Å². The van der Waals surface area contributed by atoms with Crippen molar-refractivity contribution in [3.8, 4) is 5.75 Å². The topological polar surface area (TPSA) is 71.5 Å². The molecule has 2 N–H and O–H groups in total. The summed E-state index contributed by atoms with van der Waals surface area (Å²) in [6.45, 7) is 0. The van der Waals surface area contributed by atoms with E-state index in [-0.39, 0.29) is 5.56 Å². The largest absolute Gasteiger partial charge is 0.497 e. The molecule has 0 atom stereocenters. The summed E-state index contributed by atoms with van der Waals surface area (Å²) in [6, 6.07) is 13.7. The van der Waals surface area contributed by atoms with Crippen LogP contribution in [0.25, 0.3) is 10.9 Å². The molecule has 116 valence electrons. The summed E-state index contributed by atoms with van der Waals surface area (Å²) in [5, 5.41) is 13.4. The first-order chi connectivity index (χ1) is 11.1. The fraction of sp³-hybridized carbons (Fsp3) is 0.0588. The molecular formula is C17H13ClN2O3. The first-order valence-corrected chi connectivity index (χ1v) is 7.19. The van der Waals surface area contributed by atoms with Gasteiger partial charge in [0.15, 0.2) is 0 Å². The maximum atomic E-state index is 11.1. The average Bonchev–Trinajstić information content (AvgIpc) is 2.55. The minimum atomic E-state index is -1.00. The van der Waals surface area contributed by atoms with Gasteiger partial charge < -0.3 is 15.2 Å². The SMILES string of the molecule is COc1ccc(Nc2cc(Cl)c3ccc(C(=O)O)cc3n2)cc1. The van der Waals surface area contributed by atoms with Crippen LogP contribution in [-0.4, -0.2) is 23.2 Å². The van der Waals surface area contributed by atoms with Gasteiger partial charge in [-0.05, 0) is 36.4 Å². The van der Waals surface area contributed by atoms with E-state index in [9.17, 15) is 4.79 Å².